The number of rotatable bonds is 0. The standard InChI is InChI=1S/C11H8INS/c12-11-6-2-1-4-8(11)10-9(14-11)5-3-7-13-10/h1-8H. The second-order valence-corrected chi connectivity index (χ2v) is 7.24. The van der Waals surface area contributed by atoms with Crippen molar-refractivity contribution < 1.29 is 0 Å². The quantitative estimate of drug-likeness (QED) is 0.537. The maximum Gasteiger partial charge on any atom is 0.102 e. The highest BCUT2D eigenvalue weighted by Crippen LogP contribution is 2.58. The molecular formula is C11H8INS. The number of halogens is 1. The second kappa shape index (κ2) is 3.10. The fraction of sp³-hybridized carbons (Fsp3) is 0.182. The van der Waals surface area contributed by atoms with E-state index >= 15 is 0 Å². The van der Waals surface area contributed by atoms with Gasteiger partial charge in [0.15, 0.2) is 0 Å². The molecule has 0 spiro atoms. The molecule has 1 nitrogen and oxygen atoms in total. The van der Waals surface area contributed by atoms with Crippen molar-refractivity contribution in [2.24, 2.45) is 0 Å². The van der Waals surface area contributed by atoms with E-state index in [0.717, 1.165) is 0 Å². The van der Waals surface area contributed by atoms with Gasteiger partial charge in [0.1, 0.15) is 2.75 Å². The molecule has 0 radical (unpaired) electrons. The summed E-state index contributed by atoms with van der Waals surface area (Å²) < 4.78 is 0.156. The molecule has 0 fully saturated rings. The average Bonchev–Trinajstić information content (AvgIpc) is 2.49. The molecule has 3 rings (SSSR count). The van der Waals surface area contributed by atoms with Crippen molar-refractivity contribution in [1.29, 1.82) is 0 Å². The molecule has 1 aromatic rings. The van der Waals surface area contributed by atoms with Crippen LogP contribution >= 0.6 is 34.4 Å². The summed E-state index contributed by atoms with van der Waals surface area (Å²) in [6, 6.07) is 4.17. The predicted molar refractivity (Wildman–Crippen MR) is 67.9 cm³/mol. The third kappa shape index (κ3) is 1.18. The molecular weight excluding hydrogens is 305 g/mol. The van der Waals surface area contributed by atoms with Crippen molar-refractivity contribution in [2.75, 3.05) is 0 Å². The second-order valence-electron chi connectivity index (χ2n) is 3.41. The Labute approximate surface area is 101 Å². The highest BCUT2D eigenvalue weighted by atomic mass is 127. The van der Waals surface area contributed by atoms with Crippen LogP contribution in [0.25, 0.3) is 0 Å². The van der Waals surface area contributed by atoms with Gasteiger partial charge in [-0.05, 0) is 12.1 Å². The van der Waals surface area contributed by atoms with Gasteiger partial charge in [0.05, 0.1) is 5.69 Å². The van der Waals surface area contributed by atoms with E-state index in [-0.39, 0.29) is 2.75 Å². The first-order valence-corrected chi connectivity index (χ1v) is 6.38. The molecule has 0 N–H and O–H groups in total. The fourth-order valence-electron chi connectivity index (χ4n) is 1.86. The Morgan fingerprint density at radius 3 is 3.29 bits per heavy atom. The van der Waals surface area contributed by atoms with Gasteiger partial charge in [0.2, 0.25) is 0 Å². The van der Waals surface area contributed by atoms with Crippen LogP contribution in [0.15, 0.2) is 47.5 Å². The molecule has 14 heavy (non-hydrogen) atoms. The number of pyridine rings is 1. The van der Waals surface area contributed by atoms with Crippen molar-refractivity contribution in [2.45, 2.75) is 13.6 Å². The Morgan fingerprint density at radius 1 is 1.43 bits per heavy atom. The molecule has 2 unspecified atom stereocenters. The van der Waals surface area contributed by atoms with Crippen LogP contribution in [0.4, 0.5) is 0 Å². The summed E-state index contributed by atoms with van der Waals surface area (Å²) in [5.74, 6) is 0.439. The molecule has 1 aromatic heterocycles. The summed E-state index contributed by atoms with van der Waals surface area (Å²) >= 11 is 4.43. The number of hydrogen-bond acceptors (Lipinski definition) is 2. The lowest BCUT2D eigenvalue weighted by Crippen LogP contribution is -2.18. The third-order valence-electron chi connectivity index (χ3n) is 2.52. The number of allylic oxidation sites excluding steroid dienone is 3. The average molecular weight is 313 g/mol. The minimum Gasteiger partial charge on any atom is -0.259 e. The first-order valence-electron chi connectivity index (χ1n) is 4.48. The molecule has 70 valence electrons. The smallest absolute Gasteiger partial charge is 0.102 e. The van der Waals surface area contributed by atoms with Gasteiger partial charge < -0.3 is 0 Å². The highest BCUT2D eigenvalue weighted by molar-refractivity contribution is 14.1. The predicted octanol–water partition coefficient (Wildman–Crippen LogP) is 3.53. The molecule has 0 bridgehead atoms. The van der Waals surface area contributed by atoms with E-state index in [0.29, 0.717) is 5.92 Å². The summed E-state index contributed by atoms with van der Waals surface area (Å²) in [7, 11) is 0. The zero-order chi connectivity index (χ0) is 9.60. The monoisotopic (exact) mass is 313 g/mol. The third-order valence-corrected chi connectivity index (χ3v) is 5.48. The number of fused-ring (bicyclic) bond motifs is 3. The first-order chi connectivity index (χ1) is 6.80. The van der Waals surface area contributed by atoms with Gasteiger partial charge >= 0.3 is 0 Å². The lowest BCUT2D eigenvalue weighted by Gasteiger charge is -2.24. The van der Waals surface area contributed by atoms with E-state index < -0.39 is 0 Å². The maximum absolute atomic E-state index is 4.48. The summed E-state index contributed by atoms with van der Waals surface area (Å²) in [4.78, 5) is 5.80. The van der Waals surface area contributed by atoms with Gasteiger partial charge in [0, 0.05) is 17.0 Å². The summed E-state index contributed by atoms with van der Waals surface area (Å²) in [6.07, 6.45) is 10.6. The lowest BCUT2D eigenvalue weighted by molar-refractivity contribution is 0.820. The first kappa shape index (κ1) is 8.97. The van der Waals surface area contributed by atoms with Crippen LogP contribution in [-0.4, -0.2) is 7.74 Å². The Morgan fingerprint density at radius 2 is 2.36 bits per heavy atom. The van der Waals surface area contributed by atoms with Crippen LogP contribution in [0.5, 0.6) is 0 Å². The fourth-order valence-corrected chi connectivity index (χ4v) is 4.52. The topological polar surface area (TPSA) is 12.9 Å². The Bertz CT molecular complexity index is 441. The van der Waals surface area contributed by atoms with Crippen LogP contribution in [0.2, 0.25) is 0 Å². The minimum atomic E-state index is 0.156. The van der Waals surface area contributed by atoms with Crippen molar-refractivity contribution in [1.82, 2.24) is 4.98 Å². The molecule has 0 saturated carbocycles. The lowest BCUT2D eigenvalue weighted by atomic mass is 9.97. The van der Waals surface area contributed by atoms with Gasteiger partial charge in [-0.15, -0.1) is 11.8 Å². The van der Waals surface area contributed by atoms with Gasteiger partial charge in [0.25, 0.3) is 0 Å². The van der Waals surface area contributed by atoms with Crippen molar-refractivity contribution in [3.63, 3.8) is 0 Å². The van der Waals surface area contributed by atoms with E-state index in [4.69, 9.17) is 0 Å². The SMILES string of the molecule is IC12C=CC=CC1c1ncccc1S2. The van der Waals surface area contributed by atoms with Crippen LogP contribution < -0.4 is 0 Å². The van der Waals surface area contributed by atoms with Crippen LogP contribution in [0, 0.1) is 0 Å². The molecule has 1 aliphatic heterocycles. The molecule has 2 atom stereocenters. The molecule has 2 aliphatic rings. The minimum absolute atomic E-state index is 0.156. The van der Waals surface area contributed by atoms with E-state index in [9.17, 15) is 0 Å². The van der Waals surface area contributed by atoms with Crippen LogP contribution in [-0.2, 0) is 0 Å². The number of aromatic nitrogens is 1. The molecule has 1 aliphatic carbocycles. The maximum atomic E-state index is 4.48. The Kier molecular flexibility index (Phi) is 1.99. The van der Waals surface area contributed by atoms with Crippen molar-refractivity contribution >= 4 is 34.4 Å². The van der Waals surface area contributed by atoms with Gasteiger partial charge in [-0.2, -0.15) is 0 Å². The van der Waals surface area contributed by atoms with E-state index in [1.807, 2.05) is 24.0 Å². The summed E-state index contributed by atoms with van der Waals surface area (Å²) in [5.41, 5.74) is 1.23. The molecule has 2 heterocycles. The van der Waals surface area contributed by atoms with Crippen LogP contribution in [0.1, 0.15) is 11.6 Å². The number of thioether (sulfide) groups is 1. The van der Waals surface area contributed by atoms with Crippen LogP contribution in [0.3, 0.4) is 0 Å². The summed E-state index contributed by atoms with van der Waals surface area (Å²) in [6.45, 7) is 0. The van der Waals surface area contributed by atoms with E-state index in [1.54, 1.807) is 0 Å². The number of hydrogen-bond donors (Lipinski definition) is 0. The van der Waals surface area contributed by atoms with Gasteiger partial charge in [-0.3, -0.25) is 4.98 Å². The zero-order valence-corrected chi connectivity index (χ0v) is 10.3. The number of alkyl halides is 1. The Hall–Kier alpha value is -0.290. The van der Waals surface area contributed by atoms with Gasteiger partial charge in [-0.1, -0.05) is 46.9 Å². The number of nitrogens with zero attached hydrogens (tertiary/aromatic N) is 1. The van der Waals surface area contributed by atoms with Crippen molar-refractivity contribution in [3.8, 4) is 0 Å². The summed E-state index contributed by atoms with van der Waals surface area (Å²) in [5, 5.41) is 0. The molecule has 0 aromatic carbocycles. The molecule has 0 amide bonds. The Balaban J connectivity index is 2.18. The largest absolute Gasteiger partial charge is 0.259 e. The van der Waals surface area contributed by atoms with Crippen molar-refractivity contribution in [3.05, 3.63) is 48.3 Å². The van der Waals surface area contributed by atoms with Gasteiger partial charge in [-0.25, -0.2) is 0 Å². The molecule has 3 heteroatoms. The zero-order valence-electron chi connectivity index (χ0n) is 7.35. The normalized spacial score (nSPS) is 32.8. The van der Waals surface area contributed by atoms with E-state index in [1.165, 1.54) is 10.6 Å². The molecule has 0 saturated heterocycles. The van der Waals surface area contributed by atoms with E-state index in [2.05, 4.69) is 57.9 Å². The highest BCUT2D eigenvalue weighted by Gasteiger charge is 2.43.